The van der Waals surface area contributed by atoms with Crippen molar-refractivity contribution in [2.75, 3.05) is 6.61 Å². The number of rotatable bonds is 15. The molecule has 0 bridgehead atoms. The van der Waals surface area contributed by atoms with Gasteiger partial charge >= 0.3 is 6.11 Å². The van der Waals surface area contributed by atoms with Crippen molar-refractivity contribution in [3.63, 3.8) is 0 Å². The van der Waals surface area contributed by atoms with E-state index in [0.717, 1.165) is 86.5 Å². The van der Waals surface area contributed by atoms with Crippen LogP contribution in [0.1, 0.15) is 87.1 Å². The Balaban J connectivity index is 1.76. The molecule has 3 aromatic rings. The monoisotopic (exact) mass is 508 g/mol. The van der Waals surface area contributed by atoms with Crippen LogP contribution in [0.25, 0.3) is 11.1 Å². The van der Waals surface area contributed by atoms with Crippen LogP contribution in [0.5, 0.6) is 5.75 Å². The minimum atomic E-state index is -3.40. The molecule has 3 rings (SSSR count). The molecule has 37 heavy (non-hydrogen) atoms. The number of hydrogen-bond acceptors (Lipinski definition) is 2. The zero-order valence-corrected chi connectivity index (χ0v) is 22.7. The highest BCUT2D eigenvalue weighted by Crippen LogP contribution is 2.36. The molecule has 0 heterocycles. The summed E-state index contributed by atoms with van der Waals surface area (Å²) in [6.45, 7) is 6.59. The molecule has 0 radical (unpaired) electrons. The second-order valence-corrected chi connectivity index (χ2v) is 9.82. The third-order valence-electron chi connectivity index (χ3n) is 7.03. The molecule has 0 aliphatic rings. The quantitative estimate of drug-likeness (QED) is 0.208. The lowest BCUT2D eigenvalue weighted by Gasteiger charge is -2.20. The average molecular weight is 509 g/mol. The van der Waals surface area contributed by atoms with Crippen LogP contribution >= 0.6 is 0 Å². The highest BCUT2D eigenvalue weighted by Gasteiger charge is 2.34. The Bertz CT molecular complexity index is 1110. The first-order chi connectivity index (χ1) is 17.9. The van der Waals surface area contributed by atoms with Gasteiger partial charge in [0.15, 0.2) is 0 Å². The number of ether oxygens (including phenoxy) is 1. The van der Waals surface area contributed by atoms with Gasteiger partial charge in [-0.05, 0) is 103 Å². The summed E-state index contributed by atoms with van der Waals surface area (Å²) in [7, 11) is 0. The fraction of sp³-hybridized carbons (Fsp3) is 0.455. The predicted octanol–water partition coefficient (Wildman–Crippen LogP) is 9.04. The van der Waals surface area contributed by atoms with Crippen LogP contribution in [0.2, 0.25) is 0 Å². The van der Waals surface area contributed by atoms with Crippen molar-refractivity contribution < 1.29 is 18.6 Å². The van der Waals surface area contributed by atoms with Crippen LogP contribution in [0, 0.1) is 0 Å². The third kappa shape index (κ3) is 8.13. The fourth-order valence-corrected chi connectivity index (χ4v) is 4.82. The molecule has 0 saturated carbocycles. The van der Waals surface area contributed by atoms with Crippen molar-refractivity contribution in [3.05, 3.63) is 88.5 Å². The zero-order chi connectivity index (χ0) is 26.7. The van der Waals surface area contributed by atoms with Crippen LogP contribution in [-0.4, -0.2) is 11.7 Å². The molecule has 3 aromatic carbocycles. The molecule has 0 aliphatic heterocycles. The molecule has 0 unspecified atom stereocenters. The van der Waals surface area contributed by atoms with Crippen LogP contribution in [0.3, 0.4) is 0 Å². The van der Waals surface area contributed by atoms with Crippen molar-refractivity contribution in [1.82, 2.24) is 0 Å². The molecule has 2 nitrogen and oxygen atoms in total. The minimum Gasteiger partial charge on any atom is -0.429 e. The maximum Gasteiger partial charge on any atom is 0.426 e. The van der Waals surface area contributed by atoms with E-state index in [1.165, 1.54) is 23.3 Å². The van der Waals surface area contributed by atoms with E-state index in [2.05, 4.69) is 32.0 Å². The second-order valence-electron chi connectivity index (χ2n) is 9.82. The minimum absolute atomic E-state index is 0.128. The van der Waals surface area contributed by atoms with Crippen LogP contribution < -0.4 is 4.74 Å². The summed E-state index contributed by atoms with van der Waals surface area (Å²) in [6, 6.07) is 18.4. The maximum absolute atomic E-state index is 15.0. The highest BCUT2D eigenvalue weighted by atomic mass is 19.3. The topological polar surface area (TPSA) is 29.5 Å². The van der Waals surface area contributed by atoms with Crippen LogP contribution in [0.4, 0.5) is 8.78 Å². The van der Waals surface area contributed by atoms with Gasteiger partial charge in [0.1, 0.15) is 5.75 Å². The molecular weight excluding hydrogens is 466 g/mol. The van der Waals surface area contributed by atoms with E-state index in [4.69, 9.17) is 9.84 Å². The molecule has 4 heteroatoms. The first-order valence-corrected chi connectivity index (χ1v) is 13.9. The number of aliphatic hydroxyl groups excluding tert-OH is 1. The van der Waals surface area contributed by atoms with E-state index in [0.29, 0.717) is 0 Å². The smallest absolute Gasteiger partial charge is 0.426 e. The summed E-state index contributed by atoms with van der Waals surface area (Å²) < 4.78 is 35.3. The van der Waals surface area contributed by atoms with E-state index in [1.54, 1.807) is 24.3 Å². The first kappa shape index (κ1) is 28.8. The number of benzene rings is 3. The van der Waals surface area contributed by atoms with Gasteiger partial charge in [-0.25, -0.2) is 0 Å². The average Bonchev–Trinajstić information content (AvgIpc) is 2.91. The van der Waals surface area contributed by atoms with Gasteiger partial charge in [0, 0.05) is 6.61 Å². The van der Waals surface area contributed by atoms with Gasteiger partial charge in [-0.1, -0.05) is 76.4 Å². The summed E-state index contributed by atoms with van der Waals surface area (Å²) in [5.41, 5.74) is 6.71. The van der Waals surface area contributed by atoms with Crippen LogP contribution in [0.15, 0.2) is 60.7 Å². The molecule has 1 N–H and O–H groups in total. The van der Waals surface area contributed by atoms with E-state index in [9.17, 15) is 0 Å². The highest BCUT2D eigenvalue weighted by molar-refractivity contribution is 5.72. The lowest BCUT2D eigenvalue weighted by atomic mass is 9.91. The molecule has 200 valence electrons. The first-order valence-electron chi connectivity index (χ1n) is 13.9. The van der Waals surface area contributed by atoms with Gasteiger partial charge in [0.05, 0.1) is 5.56 Å². The largest absolute Gasteiger partial charge is 0.429 e. The maximum atomic E-state index is 15.0. The van der Waals surface area contributed by atoms with Gasteiger partial charge in [-0.15, -0.1) is 0 Å². The number of aryl methyl sites for hydroxylation is 4. The summed E-state index contributed by atoms with van der Waals surface area (Å²) in [5.74, 6) is 0.177. The van der Waals surface area contributed by atoms with Gasteiger partial charge in [0.2, 0.25) is 0 Å². The summed E-state index contributed by atoms with van der Waals surface area (Å²) in [4.78, 5) is 0. The number of alkyl halides is 2. The van der Waals surface area contributed by atoms with Gasteiger partial charge in [0.25, 0.3) is 0 Å². The summed E-state index contributed by atoms with van der Waals surface area (Å²) in [5, 5.41) is 8.99. The van der Waals surface area contributed by atoms with E-state index < -0.39 is 6.11 Å². The van der Waals surface area contributed by atoms with Gasteiger partial charge in [-0.3, -0.25) is 0 Å². The molecule has 0 amide bonds. The van der Waals surface area contributed by atoms with Crippen molar-refractivity contribution in [3.8, 4) is 16.9 Å². The molecule has 0 fully saturated rings. The molecule has 0 atom stereocenters. The summed E-state index contributed by atoms with van der Waals surface area (Å²) >= 11 is 0. The molecule has 0 aromatic heterocycles. The molecule has 0 spiro atoms. The lowest BCUT2D eigenvalue weighted by Crippen LogP contribution is -2.22. The predicted molar refractivity (Wildman–Crippen MR) is 149 cm³/mol. The summed E-state index contributed by atoms with van der Waals surface area (Å²) in [6.07, 6.45) is 6.40. The lowest BCUT2D eigenvalue weighted by molar-refractivity contribution is -0.185. The van der Waals surface area contributed by atoms with Crippen molar-refractivity contribution in [2.24, 2.45) is 0 Å². The fourth-order valence-electron chi connectivity index (χ4n) is 4.82. The standard InChI is InChI=1S/C33H42F2O2/c1-4-7-9-12-25-14-17-29(18-15-25)33(34,35)37-30-19-21-32(28(6-3)24-30)31-20-16-26(23-27(31)5-2)13-10-8-11-22-36/h14-21,23-24,36H,4-13,22H2,1-3H3. The Morgan fingerprint density at radius 2 is 1.27 bits per heavy atom. The Morgan fingerprint density at radius 3 is 1.92 bits per heavy atom. The molecule has 0 aliphatic carbocycles. The Labute approximate surface area is 221 Å². The number of halogens is 2. The number of aliphatic hydroxyl groups is 1. The molecular formula is C33H42F2O2. The normalized spacial score (nSPS) is 11.6. The Morgan fingerprint density at radius 1 is 0.676 bits per heavy atom. The van der Waals surface area contributed by atoms with Crippen LogP contribution in [-0.2, 0) is 31.8 Å². The van der Waals surface area contributed by atoms with E-state index in [-0.39, 0.29) is 17.9 Å². The van der Waals surface area contributed by atoms with Crippen molar-refractivity contribution >= 4 is 0 Å². The van der Waals surface area contributed by atoms with E-state index >= 15 is 8.78 Å². The van der Waals surface area contributed by atoms with Gasteiger partial charge < -0.3 is 9.84 Å². The van der Waals surface area contributed by atoms with Crippen molar-refractivity contribution in [1.29, 1.82) is 0 Å². The second kappa shape index (κ2) is 14.3. The number of hydrogen-bond donors (Lipinski definition) is 1. The van der Waals surface area contributed by atoms with Gasteiger partial charge in [-0.2, -0.15) is 8.78 Å². The van der Waals surface area contributed by atoms with E-state index in [1.807, 2.05) is 13.0 Å². The zero-order valence-electron chi connectivity index (χ0n) is 22.7. The SMILES string of the molecule is CCCCCc1ccc(C(F)(F)Oc2ccc(-c3ccc(CCCCCO)cc3CC)c(CC)c2)cc1. The Kier molecular flexibility index (Phi) is 11.1. The molecule has 0 saturated heterocycles. The third-order valence-corrected chi connectivity index (χ3v) is 7.03. The van der Waals surface area contributed by atoms with Crippen molar-refractivity contribution in [2.45, 2.75) is 91.1 Å². The number of unbranched alkanes of at least 4 members (excludes halogenated alkanes) is 4. The Hall–Kier alpha value is -2.72.